The van der Waals surface area contributed by atoms with E-state index >= 15 is 0 Å². The Balaban J connectivity index is 1.35. The lowest BCUT2D eigenvalue weighted by atomic mass is 10.2. The number of nitrogens with zero attached hydrogens (tertiary/aromatic N) is 5. The van der Waals surface area contributed by atoms with E-state index in [1.165, 1.54) is 6.20 Å². The van der Waals surface area contributed by atoms with Gasteiger partial charge in [-0.1, -0.05) is 30.5 Å². The Bertz CT molecular complexity index is 1160. The third kappa shape index (κ3) is 4.21. The second-order valence-electron chi connectivity index (χ2n) is 8.28. The number of fused-ring (bicyclic) bond motifs is 1. The fourth-order valence-corrected chi connectivity index (χ4v) is 5.15. The Morgan fingerprint density at radius 2 is 1.97 bits per heavy atom. The predicted octanol–water partition coefficient (Wildman–Crippen LogP) is 4.38. The Morgan fingerprint density at radius 1 is 1.13 bits per heavy atom. The third-order valence-corrected chi connectivity index (χ3v) is 6.81. The fourth-order valence-electron chi connectivity index (χ4n) is 4.56. The molecule has 2 fully saturated rings. The summed E-state index contributed by atoms with van der Waals surface area (Å²) in [4.78, 5) is 27.9. The molecule has 0 spiro atoms. The zero-order valence-corrected chi connectivity index (χ0v) is 18.6. The fraction of sp³-hybridized carbons (Fsp3) is 0.455. The Hall–Kier alpha value is -2.38. The Kier molecular flexibility index (Phi) is 5.71. The van der Waals surface area contributed by atoms with Gasteiger partial charge in [-0.2, -0.15) is 4.98 Å². The van der Waals surface area contributed by atoms with Crippen LogP contribution in [0.25, 0.3) is 11.2 Å². The molecule has 9 heteroatoms. The van der Waals surface area contributed by atoms with Crippen molar-refractivity contribution in [3.05, 3.63) is 51.5 Å². The van der Waals surface area contributed by atoms with Crippen molar-refractivity contribution < 1.29 is 0 Å². The first-order valence-electron chi connectivity index (χ1n) is 10.7. The first kappa shape index (κ1) is 20.5. The van der Waals surface area contributed by atoms with Crippen molar-refractivity contribution in [2.75, 3.05) is 23.3 Å². The molecule has 0 radical (unpaired) electrons. The van der Waals surface area contributed by atoms with Gasteiger partial charge in [0.05, 0.1) is 28.5 Å². The highest BCUT2D eigenvalue weighted by Crippen LogP contribution is 2.31. The molecule has 1 saturated carbocycles. The molecule has 5 rings (SSSR count). The molecule has 3 aromatic rings. The number of hydrogen-bond acceptors (Lipinski definition) is 6. The molecule has 1 saturated heterocycles. The largest absolute Gasteiger partial charge is 0.369 e. The number of benzene rings is 1. The molecule has 1 atom stereocenters. The van der Waals surface area contributed by atoms with Gasteiger partial charge in [0.15, 0.2) is 5.65 Å². The summed E-state index contributed by atoms with van der Waals surface area (Å²) in [7, 11) is 0. The van der Waals surface area contributed by atoms with Gasteiger partial charge >= 0.3 is 0 Å². The van der Waals surface area contributed by atoms with Gasteiger partial charge in [0.25, 0.3) is 5.56 Å². The van der Waals surface area contributed by atoms with Crippen LogP contribution in [-0.2, 0) is 6.54 Å². The topological polar surface area (TPSA) is 75.9 Å². The molecule has 2 aromatic heterocycles. The van der Waals surface area contributed by atoms with Crippen molar-refractivity contribution in [1.29, 1.82) is 0 Å². The SMILES string of the molecule is O=c1cnc2cnc(NCc3ccc(N4CCC(Cl)C4)c(Cl)c3)nc2n1C1CCCC1. The summed E-state index contributed by atoms with van der Waals surface area (Å²) in [6.45, 7) is 2.27. The van der Waals surface area contributed by atoms with E-state index in [0.717, 1.165) is 56.4 Å². The maximum absolute atomic E-state index is 12.5. The standard InChI is InChI=1S/C22H24Cl2N6O/c23-15-7-8-29(13-15)19-6-5-14(9-17(19)24)10-26-22-27-11-18-21(28-22)30(20(31)12-25-18)16-3-1-2-4-16/h5-6,9,11-12,15-16H,1-4,7-8,10,13H2,(H,26,27,28). The minimum Gasteiger partial charge on any atom is -0.369 e. The summed E-state index contributed by atoms with van der Waals surface area (Å²) < 4.78 is 1.79. The van der Waals surface area contributed by atoms with Gasteiger partial charge in [-0.15, -0.1) is 11.6 Å². The van der Waals surface area contributed by atoms with Crippen molar-refractivity contribution in [3.8, 4) is 0 Å². The number of aromatic nitrogens is 4. The van der Waals surface area contributed by atoms with E-state index in [9.17, 15) is 4.79 Å². The van der Waals surface area contributed by atoms with Crippen LogP contribution in [0.2, 0.25) is 5.02 Å². The number of halogens is 2. The second kappa shape index (κ2) is 8.63. The van der Waals surface area contributed by atoms with Gasteiger partial charge in [-0.25, -0.2) is 9.97 Å². The molecule has 3 heterocycles. The average molecular weight is 459 g/mol. The number of alkyl halides is 1. The number of rotatable bonds is 5. The maximum Gasteiger partial charge on any atom is 0.270 e. The van der Waals surface area contributed by atoms with Crippen molar-refractivity contribution in [2.45, 2.75) is 50.1 Å². The molecule has 31 heavy (non-hydrogen) atoms. The molecular weight excluding hydrogens is 435 g/mol. The van der Waals surface area contributed by atoms with Gasteiger partial charge in [-0.3, -0.25) is 9.36 Å². The third-order valence-electron chi connectivity index (χ3n) is 6.15. The van der Waals surface area contributed by atoms with E-state index in [1.54, 1.807) is 10.8 Å². The molecule has 162 valence electrons. The van der Waals surface area contributed by atoms with Gasteiger partial charge in [0.1, 0.15) is 5.52 Å². The minimum atomic E-state index is -0.104. The van der Waals surface area contributed by atoms with Crippen LogP contribution < -0.4 is 15.8 Å². The Labute approximate surface area is 190 Å². The van der Waals surface area contributed by atoms with E-state index in [4.69, 9.17) is 23.2 Å². The summed E-state index contributed by atoms with van der Waals surface area (Å²) >= 11 is 12.8. The van der Waals surface area contributed by atoms with Crippen molar-refractivity contribution in [2.24, 2.45) is 0 Å². The summed E-state index contributed by atoms with van der Waals surface area (Å²) in [5, 5.41) is 4.15. The summed E-state index contributed by atoms with van der Waals surface area (Å²) in [6, 6.07) is 6.23. The van der Waals surface area contributed by atoms with Crippen LogP contribution in [0.1, 0.15) is 43.7 Å². The highest BCUT2D eigenvalue weighted by Gasteiger charge is 2.23. The number of nitrogens with one attached hydrogen (secondary N) is 1. The molecule has 1 aliphatic heterocycles. The lowest BCUT2D eigenvalue weighted by Crippen LogP contribution is -2.25. The van der Waals surface area contributed by atoms with E-state index in [-0.39, 0.29) is 17.0 Å². The van der Waals surface area contributed by atoms with Crippen molar-refractivity contribution in [1.82, 2.24) is 19.5 Å². The first-order chi connectivity index (χ1) is 15.1. The zero-order valence-electron chi connectivity index (χ0n) is 17.1. The molecule has 1 aliphatic carbocycles. The molecular formula is C22H24Cl2N6O. The van der Waals surface area contributed by atoms with Gasteiger partial charge in [0, 0.05) is 25.7 Å². The minimum absolute atomic E-state index is 0.104. The van der Waals surface area contributed by atoms with Crippen LogP contribution in [0, 0.1) is 0 Å². The lowest BCUT2D eigenvalue weighted by Gasteiger charge is -2.20. The summed E-state index contributed by atoms with van der Waals surface area (Å²) in [6.07, 6.45) is 8.28. The highest BCUT2D eigenvalue weighted by molar-refractivity contribution is 6.33. The lowest BCUT2D eigenvalue weighted by molar-refractivity contribution is 0.514. The van der Waals surface area contributed by atoms with E-state index < -0.39 is 0 Å². The van der Waals surface area contributed by atoms with E-state index in [0.29, 0.717) is 28.7 Å². The molecule has 1 aromatic carbocycles. The molecule has 0 bridgehead atoms. The first-order valence-corrected chi connectivity index (χ1v) is 11.6. The van der Waals surface area contributed by atoms with Crippen LogP contribution in [-0.4, -0.2) is 38.0 Å². The quantitative estimate of drug-likeness (QED) is 0.571. The van der Waals surface area contributed by atoms with Gasteiger partial charge in [0.2, 0.25) is 5.95 Å². The molecule has 1 N–H and O–H groups in total. The zero-order chi connectivity index (χ0) is 21.4. The molecule has 1 unspecified atom stereocenters. The summed E-state index contributed by atoms with van der Waals surface area (Å²) in [5.41, 5.74) is 3.16. The summed E-state index contributed by atoms with van der Waals surface area (Å²) in [5.74, 6) is 0.469. The van der Waals surface area contributed by atoms with Crippen molar-refractivity contribution >= 4 is 46.0 Å². The molecule has 0 amide bonds. The number of anilines is 2. The van der Waals surface area contributed by atoms with Crippen LogP contribution >= 0.6 is 23.2 Å². The maximum atomic E-state index is 12.5. The van der Waals surface area contributed by atoms with E-state index in [2.05, 4.69) is 25.2 Å². The average Bonchev–Trinajstić information content (AvgIpc) is 3.44. The molecule has 7 nitrogen and oxygen atoms in total. The monoisotopic (exact) mass is 458 g/mol. The normalized spacial score (nSPS) is 19.4. The Morgan fingerprint density at radius 3 is 2.71 bits per heavy atom. The van der Waals surface area contributed by atoms with E-state index in [1.807, 2.05) is 18.2 Å². The predicted molar refractivity (Wildman–Crippen MR) is 124 cm³/mol. The number of hydrogen-bond donors (Lipinski definition) is 1. The van der Waals surface area contributed by atoms with Crippen LogP contribution in [0.4, 0.5) is 11.6 Å². The second-order valence-corrected chi connectivity index (χ2v) is 9.30. The smallest absolute Gasteiger partial charge is 0.270 e. The van der Waals surface area contributed by atoms with Crippen molar-refractivity contribution in [3.63, 3.8) is 0 Å². The van der Waals surface area contributed by atoms with Gasteiger partial charge < -0.3 is 10.2 Å². The molecule has 2 aliphatic rings. The highest BCUT2D eigenvalue weighted by atomic mass is 35.5. The van der Waals surface area contributed by atoms with Crippen LogP contribution in [0.3, 0.4) is 0 Å². The van der Waals surface area contributed by atoms with Crippen LogP contribution in [0.5, 0.6) is 0 Å². The van der Waals surface area contributed by atoms with Gasteiger partial charge in [-0.05, 0) is 37.0 Å². The van der Waals surface area contributed by atoms with Crippen LogP contribution in [0.15, 0.2) is 35.4 Å².